The summed E-state index contributed by atoms with van der Waals surface area (Å²) in [4.78, 5) is 10.9. The number of hydrogen-bond acceptors (Lipinski definition) is 2. The van der Waals surface area contributed by atoms with Crippen LogP contribution in [0.5, 0.6) is 0 Å². The molecule has 0 saturated heterocycles. The van der Waals surface area contributed by atoms with Crippen molar-refractivity contribution in [1.29, 1.82) is 0 Å². The van der Waals surface area contributed by atoms with Gasteiger partial charge in [0.2, 0.25) is 0 Å². The molecule has 2 aromatic heterocycles. The first kappa shape index (κ1) is 32.4. The van der Waals surface area contributed by atoms with Crippen molar-refractivity contribution in [2.24, 2.45) is 9.98 Å². The van der Waals surface area contributed by atoms with E-state index in [1.807, 2.05) is 0 Å². The van der Waals surface area contributed by atoms with Crippen molar-refractivity contribution in [3.8, 4) is 0 Å². The number of allylic oxidation sites excluding steroid dienone is 4. The first-order valence-corrected chi connectivity index (χ1v) is 19.1. The number of rotatable bonds is 4. The van der Waals surface area contributed by atoms with Crippen molar-refractivity contribution in [2.45, 2.75) is 0 Å². The summed E-state index contributed by atoms with van der Waals surface area (Å²) in [5, 5.41) is 2.38. The molecule has 4 aromatic carbocycles. The predicted molar refractivity (Wildman–Crippen MR) is 208 cm³/mol. The molecule has 0 unspecified atom stereocenters. The molecular weight excluding hydrogens is 735 g/mol. The van der Waals surface area contributed by atoms with Gasteiger partial charge in [-0.2, -0.15) is 0 Å². The second-order valence-electron chi connectivity index (χ2n) is 12.4. The van der Waals surface area contributed by atoms with Crippen molar-refractivity contribution in [2.75, 3.05) is 0 Å². The predicted octanol–water partition coefficient (Wildman–Crippen LogP) is 5.54. The zero-order valence-corrected chi connectivity index (χ0v) is 30.3. The van der Waals surface area contributed by atoms with E-state index in [0.29, 0.717) is 0 Å². The molecule has 0 atom stereocenters. The maximum atomic E-state index is 5.45. The monoisotopic (exact) mass is 768 g/mol. The summed E-state index contributed by atoms with van der Waals surface area (Å²) in [6, 6.07) is 52.3. The van der Waals surface area contributed by atoms with Gasteiger partial charge in [0.05, 0.1) is 0 Å². The molecular formula is C44H32N4O2Sn. The molecule has 2 radical (unpaired) electrons. The summed E-state index contributed by atoms with van der Waals surface area (Å²) in [6.07, 6.45) is 8.81. The van der Waals surface area contributed by atoms with Crippen LogP contribution in [0.4, 0.5) is 0 Å². The molecule has 244 valence electrons. The number of fused-ring (bicyclic) bond motifs is 2. The van der Waals surface area contributed by atoms with E-state index in [-0.39, 0.29) is 11.0 Å². The zero-order valence-electron chi connectivity index (χ0n) is 27.5. The van der Waals surface area contributed by atoms with Gasteiger partial charge in [0.15, 0.2) is 0 Å². The minimum Gasteiger partial charge on any atom is -0.412 e. The van der Waals surface area contributed by atoms with Gasteiger partial charge in [0.1, 0.15) is 0 Å². The normalized spacial score (nSPS) is 15.3. The van der Waals surface area contributed by atoms with E-state index in [1.54, 1.807) is 0 Å². The molecule has 0 fully saturated rings. The van der Waals surface area contributed by atoms with Crippen LogP contribution in [0, 0.1) is 0 Å². The Morgan fingerprint density at radius 3 is 1.08 bits per heavy atom. The van der Waals surface area contributed by atoms with Crippen molar-refractivity contribution in [1.82, 2.24) is 5.58 Å². The molecule has 0 spiro atoms. The SMILES string of the molecule is C1=CC2=C(c3ccccc3)c3ccc4[n]3[Sn][n]3c(ccc3=C(c3ccccc3)C3=NC(=C4c4ccccc4)C=C3)=C(c3ccccc3)C1=N2.O.O. The largest absolute Gasteiger partial charge is 0.412 e. The molecule has 51 heavy (non-hydrogen) atoms. The smallest absolute Gasteiger partial charge is 0.412 e. The van der Waals surface area contributed by atoms with Gasteiger partial charge in [-0.05, 0) is 0 Å². The van der Waals surface area contributed by atoms with Gasteiger partial charge in [0.25, 0.3) is 0 Å². The van der Waals surface area contributed by atoms with Gasteiger partial charge in [-0.3, -0.25) is 0 Å². The summed E-state index contributed by atoms with van der Waals surface area (Å²) in [7, 11) is 0. The summed E-state index contributed by atoms with van der Waals surface area (Å²) in [5.41, 5.74) is 15.5. The Labute approximate surface area is 306 Å². The molecule has 6 bridgehead atoms. The molecule has 7 heteroatoms. The fourth-order valence-electron chi connectivity index (χ4n) is 7.38. The average molecular weight is 767 g/mol. The number of aromatic nitrogens is 2. The summed E-state index contributed by atoms with van der Waals surface area (Å²) in [5.74, 6) is 0. The number of nitrogens with zero attached hydrogens (tertiary/aromatic N) is 4. The molecule has 6 aromatic rings. The van der Waals surface area contributed by atoms with Gasteiger partial charge in [0, 0.05) is 0 Å². The summed E-state index contributed by atoms with van der Waals surface area (Å²) >= 11 is -1.70. The van der Waals surface area contributed by atoms with Gasteiger partial charge in [-0.1, -0.05) is 0 Å². The standard InChI is InChI=1S/C44H28N4.2H2O.Sn/c1-5-13-29(14-6-1)41-33-21-23-35(45-33)42(30-15-7-2-8-16-30)37-25-27-39(47-37)44(32-19-11-4-12-20-32)40-28-26-38(48-40)43(31-17-9-3-10-18-31)36-24-22-34(41)46-36;;;/h1-28H;2*1H2;/q-2;;;+2. The second-order valence-corrected chi connectivity index (χ2v) is 15.5. The third kappa shape index (κ3) is 5.27. The number of hydrogen-bond donors (Lipinski definition) is 0. The Bertz CT molecular complexity index is 2460. The van der Waals surface area contributed by atoms with Crippen LogP contribution < -0.4 is 10.7 Å². The summed E-state index contributed by atoms with van der Waals surface area (Å²) < 4.78 is 5.29. The van der Waals surface area contributed by atoms with E-state index >= 15 is 0 Å². The van der Waals surface area contributed by atoms with E-state index in [2.05, 4.69) is 175 Å². The van der Waals surface area contributed by atoms with E-state index in [9.17, 15) is 0 Å². The van der Waals surface area contributed by atoms with Crippen LogP contribution in [0.2, 0.25) is 0 Å². The van der Waals surface area contributed by atoms with Crippen LogP contribution in [0.15, 0.2) is 191 Å². The molecule has 4 aliphatic rings. The Balaban J connectivity index is 0.00000187. The Kier molecular flexibility index (Phi) is 8.36. The van der Waals surface area contributed by atoms with Crippen LogP contribution in [0.3, 0.4) is 0 Å². The second kappa shape index (κ2) is 13.1. The third-order valence-corrected chi connectivity index (χ3v) is 13.4. The maximum absolute atomic E-state index is 5.45. The average Bonchev–Trinajstić information content (AvgIpc) is 3.98. The molecule has 0 aliphatic carbocycles. The van der Waals surface area contributed by atoms with Crippen LogP contribution >= 0.6 is 0 Å². The van der Waals surface area contributed by atoms with Crippen molar-refractivity contribution in [3.05, 3.63) is 226 Å². The quantitative estimate of drug-likeness (QED) is 0.211. The first-order valence-electron chi connectivity index (χ1n) is 16.5. The number of aliphatic imine (C=N–C) groups is 2. The molecule has 6 nitrogen and oxygen atoms in total. The topological polar surface area (TPSA) is 97.6 Å². The van der Waals surface area contributed by atoms with Gasteiger partial charge in [-0.25, -0.2) is 0 Å². The zero-order chi connectivity index (χ0) is 32.3. The van der Waals surface area contributed by atoms with Crippen LogP contribution in [0.1, 0.15) is 33.6 Å². The molecule has 0 amide bonds. The van der Waals surface area contributed by atoms with Gasteiger partial charge in [-0.15, -0.1) is 0 Å². The van der Waals surface area contributed by atoms with Crippen molar-refractivity contribution < 1.29 is 11.0 Å². The van der Waals surface area contributed by atoms with E-state index in [0.717, 1.165) is 67.4 Å². The minimum atomic E-state index is -1.70. The first-order chi connectivity index (χ1) is 24.3. The van der Waals surface area contributed by atoms with Gasteiger partial charge >= 0.3 is 297 Å². The fourth-order valence-corrected chi connectivity index (χ4v) is 11.3. The fraction of sp³-hybridized carbons (Fsp3) is 0. The maximum Gasteiger partial charge on any atom is -0.412 e. The van der Waals surface area contributed by atoms with Crippen LogP contribution in [-0.2, 0) is 0 Å². The van der Waals surface area contributed by atoms with E-state index in [1.165, 1.54) is 22.1 Å². The van der Waals surface area contributed by atoms with Gasteiger partial charge < -0.3 is 11.0 Å². The van der Waals surface area contributed by atoms with Crippen molar-refractivity contribution in [3.63, 3.8) is 0 Å². The van der Waals surface area contributed by atoms with E-state index < -0.39 is 21.7 Å². The molecule has 4 N–H and O–H groups in total. The van der Waals surface area contributed by atoms with Crippen LogP contribution in [-0.4, -0.2) is 49.6 Å². The van der Waals surface area contributed by atoms with E-state index in [4.69, 9.17) is 9.98 Å². The molecule has 6 heterocycles. The minimum absolute atomic E-state index is 0. The van der Waals surface area contributed by atoms with Crippen LogP contribution in [0.25, 0.3) is 22.3 Å². The molecule has 10 rings (SSSR count). The third-order valence-electron chi connectivity index (χ3n) is 9.54. The molecule has 4 aliphatic heterocycles. The molecule has 0 saturated carbocycles. The Hall–Kier alpha value is -5.80. The Morgan fingerprint density at radius 1 is 0.353 bits per heavy atom. The summed E-state index contributed by atoms with van der Waals surface area (Å²) in [6.45, 7) is 0. The Morgan fingerprint density at radius 2 is 0.706 bits per heavy atom. The number of benzene rings is 4. The van der Waals surface area contributed by atoms with Crippen molar-refractivity contribution >= 4 is 55.4 Å².